The number of benzene rings is 2. The molecule has 10 heteroatoms. The fourth-order valence-corrected chi connectivity index (χ4v) is 3.53. The number of primary sulfonamides is 1. The lowest BCUT2D eigenvalue weighted by molar-refractivity contribution is 0.593. The first-order valence-electron chi connectivity index (χ1n) is 6.36. The fraction of sp³-hybridized carbons (Fsp3) is 0. The van der Waals surface area contributed by atoms with Gasteiger partial charge in [0.25, 0.3) is 10.0 Å². The molecule has 0 bridgehead atoms. The van der Waals surface area contributed by atoms with Crippen LogP contribution in [-0.2, 0) is 20.0 Å². The number of anilines is 1. The monoisotopic (exact) mass is 390 g/mol. The summed E-state index contributed by atoms with van der Waals surface area (Å²) in [5.74, 6) is -0.862. The Kier molecular flexibility index (Phi) is 5.29. The molecule has 0 spiro atoms. The average molecular weight is 391 g/mol. The molecule has 3 N–H and O–H groups in total. The van der Waals surface area contributed by atoms with Gasteiger partial charge in [-0.15, -0.1) is 0 Å². The third-order valence-electron chi connectivity index (χ3n) is 2.81. The minimum absolute atomic E-state index is 0.348. The molecule has 0 unspecified atom stereocenters. The Morgan fingerprint density at radius 2 is 1.67 bits per heavy atom. The Morgan fingerprint density at radius 3 is 2.25 bits per heavy atom. The molecule has 0 aliphatic carbocycles. The first-order chi connectivity index (χ1) is 11.1. The van der Waals surface area contributed by atoms with Crippen LogP contribution >= 0.6 is 11.6 Å². The van der Waals surface area contributed by atoms with E-state index in [0.717, 1.165) is 17.5 Å². The zero-order valence-corrected chi connectivity index (χ0v) is 14.4. The second-order valence-electron chi connectivity index (χ2n) is 4.69. The van der Waals surface area contributed by atoms with Gasteiger partial charge in [0.1, 0.15) is 10.7 Å². The van der Waals surface area contributed by atoms with Gasteiger partial charge in [-0.2, -0.15) is 0 Å². The van der Waals surface area contributed by atoms with E-state index in [1.807, 2.05) is 4.72 Å². The van der Waals surface area contributed by atoms with Crippen molar-refractivity contribution in [3.05, 3.63) is 64.3 Å². The van der Waals surface area contributed by atoms with Crippen molar-refractivity contribution >= 4 is 43.4 Å². The molecule has 0 amide bonds. The molecule has 0 saturated carbocycles. The lowest BCUT2D eigenvalue weighted by Gasteiger charge is -2.09. The maximum absolute atomic E-state index is 13.2. The number of hydrogen-bond acceptors (Lipinski definition) is 4. The summed E-state index contributed by atoms with van der Waals surface area (Å²) < 4.78 is 62.2. The van der Waals surface area contributed by atoms with E-state index in [4.69, 9.17) is 16.7 Å². The van der Waals surface area contributed by atoms with Gasteiger partial charge in [-0.05, 0) is 42.0 Å². The number of halogens is 2. The standard InChI is InChI=1S/C14H12ClFN2O4S2/c15-11-3-1-10(2-4-11)7-8-23(19,20)18-13-6-5-12(16)9-14(13)24(17,21)22/h1-9,18H,(H2,17,21,22)/b8-7+. The largest absolute Gasteiger partial charge is 0.279 e. The molecule has 0 aromatic heterocycles. The molecular formula is C14H12ClFN2O4S2. The second kappa shape index (κ2) is 6.89. The molecule has 2 aromatic rings. The highest BCUT2D eigenvalue weighted by atomic mass is 35.5. The quantitative estimate of drug-likeness (QED) is 0.818. The predicted octanol–water partition coefficient (Wildman–Crippen LogP) is 2.54. The van der Waals surface area contributed by atoms with Gasteiger partial charge >= 0.3 is 0 Å². The van der Waals surface area contributed by atoms with E-state index in [0.29, 0.717) is 16.7 Å². The molecule has 2 aromatic carbocycles. The maximum Gasteiger partial charge on any atom is 0.255 e. The zero-order chi connectivity index (χ0) is 18.0. The van der Waals surface area contributed by atoms with Crippen molar-refractivity contribution in [2.75, 3.05) is 4.72 Å². The predicted molar refractivity (Wildman–Crippen MR) is 90.8 cm³/mol. The van der Waals surface area contributed by atoms with Crippen molar-refractivity contribution in [3.63, 3.8) is 0 Å². The van der Waals surface area contributed by atoms with Crippen LogP contribution in [0.2, 0.25) is 5.02 Å². The fourth-order valence-electron chi connectivity index (χ4n) is 1.75. The summed E-state index contributed by atoms with van der Waals surface area (Å²) in [5.41, 5.74) is 0.218. The number of hydrogen-bond donors (Lipinski definition) is 2. The number of rotatable bonds is 5. The Morgan fingerprint density at radius 1 is 1.04 bits per heavy atom. The van der Waals surface area contributed by atoms with Crippen molar-refractivity contribution in [3.8, 4) is 0 Å². The Hall–Kier alpha value is -1.94. The SMILES string of the molecule is NS(=O)(=O)c1cc(F)ccc1NS(=O)(=O)/C=C/c1ccc(Cl)cc1. The van der Waals surface area contributed by atoms with Crippen LogP contribution < -0.4 is 9.86 Å². The lowest BCUT2D eigenvalue weighted by Crippen LogP contribution is -2.17. The Labute approximate surface area is 143 Å². The lowest BCUT2D eigenvalue weighted by atomic mass is 10.2. The van der Waals surface area contributed by atoms with Crippen LogP contribution in [0.15, 0.2) is 52.8 Å². The first-order valence-corrected chi connectivity index (χ1v) is 9.83. The smallest absolute Gasteiger partial charge is 0.255 e. The van der Waals surface area contributed by atoms with E-state index < -0.39 is 30.8 Å². The van der Waals surface area contributed by atoms with Crippen LogP contribution in [0, 0.1) is 5.82 Å². The molecule has 0 atom stereocenters. The summed E-state index contributed by atoms with van der Waals surface area (Å²) in [7, 11) is -8.35. The molecule has 0 aliphatic rings. The molecule has 2 rings (SSSR count). The average Bonchev–Trinajstić information content (AvgIpc) is 2.47. The molecule has 0 saturated heterocycles. The van der Waals surface area contributed by atoms with Crippen molar-refractivity contribution in [2.45, 2.75) is 4.90 Å². The van der Waals surface area contributed by atoms with E-state index in [2.05, 4.69) is 0 Å². The molecule has 0 aliphatic heterocycles. The van der Waals surface area contributed by atoms with Crippen LogP contribution in [-0.4, -0.2) is 16.8 Å². The molecule has 0 heterocycles. The molecule has 6 nitrogen and oxygen atoms in total. The van der Waals surface area contributed by atoms with E-state index >= 15 is 0 Å². The van der Waals surface area contributed by atoms with Gasteiger partial charge in [-0.1, -0.05) is 23.7 Å². The van der Waals surface area contributed by atoms with E-state index in [1.165, 1.54) is 6.08 Å². The molecule has 128 valence electrons. The third-order valence-corrected chi connectivity index (χ3v) is 5.01. The Balaban J connectivity index is 2.31. The minimum Gasteiger partial charge on any atom is -0.279 e. The van der Waals surface area contributed by atoms with Crippen molar-refractivity contribution in [2.24, 2.45) is 5.14 Å². The van der Waals surface area contributed by atoms with Crippen LogP contribution in [0.3, 0.4) is 0 Å². The highest BCUT2D eigenvalue weighted by Gasteiger charge is 2.18. The Bertz CT molecular complexity index is 988. The summed E-state index contributed by atoms with van der Waals surface area (Å²) >= 11 is 5.73. The molecule has 0 radical (unpaired) electrons. The van der Waals surface area contributed by atoms with E-state index in [9.17, 15) is 21.2 Å². The van der Waals surface area contributed by atoms with Gasteiger partial charge in [-0.3, -0.25) is 4.72 Å². The zero-order valence-electron chi connectivity index (χ0n) is 12.0. The van der Waals surface area contributed by atoms with Crippen molar-refractivity contribution < 1.29 is 21.2 Å². The van der Waals surface area contributed by atoms with Crippen LogP contribution in [0.1, 0.15) is 5.56 Å². The molecular weight excluding hydrogens is 379 g/mol. The van der Waals surface area contributed by atoms with E-state index in [1.54, 1.807) is 24.3 Å². The van der Waals surface area contributed by atoms with Gasteiger partial charge in [0.05, 0.1) is 11.1 Å². The normalized spacial score (nSPS) is 12.5. The summed E-state index contributed by atoms with van der Waals surface area (Å²) in [6.45, 7) is 0. The molecule has 24 heavy (non-hydrogen) atoms. The van der Waals surface area contributed by atoms with Gasteiger partial charge in [0.2, 0.25) is 10.0 Å². The van der Waals surface area contributed by atoms with Crippen LogP contribution in [0.5, 0.6) is 0 Å². The van der Waals surface area contributed by atoms with Gasteiger partial charge in [0, 0.05) is 5.02 Å². The first kappa shape index (κ1) is 18.4. The number of sulfonamides is 2. The van der Waals surface area contributed by atoms with Gasteiger partial charge in [0.15, 0.2) is 0 Å². The van der Waals surface area contributed by atoms with Crippen molar-refractivity contribution in [1.29, 1.82) is 0 Å². The maximum atomic E-state index is 13.2. The molecule has 0 fully saturated rings. The third kappa shape index (κ3) is 5.03. The number of nitrogens with two attached hydrogens (primary N) is 1. The van der Waals surface area contributed by atoms with Crippen molar-refractivity contribution in [1.82, 2.24) is 0 Å². The van der Waals surface area contributed by atoms with E-state index in [-0.39, 0.29) is 5.69 Å². The topological polar surface area (TPSA) is 106 Å². The minimum atomic E-state index is -4.31. The highest BCUT2D eigenvalue weighted by molar-refractivity contribution is 7.95. The highest BCUT2D eigenvalue weighted by Crippen LogP contribution is 2.22. The second-order valence-corrected chi connectivity index (χ2v) is 8.22. The number of nitrogens with one attached hydrogen (secondary N) is 1. The van der Waals surface area contributed by atoms with Crippen LogP contribution in [0.25, 0.3) is 6.08 Å². The summed E-state index contributed by atoms with van der Waals surface area (Å²) in [4.78, 5) is -0.661. The van der Waals surface area contributed by atoms with Gasteiger partial charge < -0.3 is 0 Å². The van der Waals surface area contributed by atoms with Gasteiger partial charge in [-0.25, -0.2) is 26.4 Å². The summed E-state index contributed by atoms with van der Waals surface area (Å²) in [5, 5.41) is 6.30. The summed E-state index contributed by atoms with van der Waals surface area (Å²) in [6, 6.07) is 8.89. The van der Waals surface area contributed by atoms with Crippen LogP contribution in [0.4, 0.5) is 10.1 Å². The summed E-state index contributed by atoms with van der Waals surface area (Å²) in [6.07, 6.45) is 1.29.